The summed E-state index contributed by atoms with van der Waals surface area (Å²) in [7, 11) is 1.28. The van der Waals surface area contributed by atoms with Gasteiger partial charge in [0.2, 0.25) is 0 Å². The van der Waals surface area contributed by atoms with Crippen LogP contribution >= 0.6 is 12.4 Å². The van der Waals surface area contributed by atoms with E-state index in [4.69, 9.17) is 9.47 Å². The number of halogens is 1. The highest BCUT2D eigenvalue weighted by atomic mass is 35.5. The van der Waals surface area contributed by atoms with Gasteiger partial charge in [0.1, 0.15) is 6.10 Å². The molecule has 4 rings (SSSR count). The summed E-state index contributed by atoms with van der Waals surface area (Å²) < 4.78 is 11.0. The molecule has 1 saturated heterocycles. The lowest BCUT2D eigenvalue weighted by Gasteiger charge is -2.38. The largest absolute Gasteiger partial charge is 0.466 e. The van der Waals surface area contributed by atoms with Crippen LogP contribution in [-0.4, -0.2) is 48.1 Å². The Bertz CT molecular complexity index is 1240. The normalized spacial score (nSPS) is 19.4. The van der Waals surface area contributed by atoms with Crippen LogP contribution in [0.4, 0.5) is 5.69 Å². The molecule has 2 aromatic rings. The van der Waals surface area contributed by atoms with Gasteiger partial charge < -0.3 is 19.7 Å². The number of hydrogen-bond acceptors (Lipinski definition) is 8. The predicted molar refractivity (Wildman–Crippen MR) is 140 cm³/mol. The number of hydrogen-bond donors (Lipinski definition) is 1. The van der Waals surface area contributed by atoms with Gasteiger partial charge in [0.25, 0.3) is 5.69 Å². The second-order valence-corrected chi connectivity index (χ2v) is 8.87. The number of esters is 2. The van der Waals surface area contributed by atoms with Crippen molar-refractivity contribution in [3.05, 3.63) is 98.4 Å². The Labute approximate surface area is 221 Å². The Morgan fingerprint density at radius 2 is 1.73 bits per heavy atom. The van der Waals surface area contributed by atoms with E-state index in [0.29, 0.717) is 36.5 Å². The van der Waals surface area contributed by atoms with Crippen molar-refractivity contribution in [3.8, 4) is 0 Å². The van der Waals surface area contributed by atoms with Crippen molar-refractivity contribution >= 4 is 30.0 Å². The Hall–Kier alpha value is -3.69. The number of ether oxygens (including phenoxy) is 2. The Balaban J connectivity index is 0.00000380. The molecule has 2 heterocycles. The smallest absolute Gasteiger partial charge is 0.337 e. The molecule has 37 heavy (non-hydrogen) atoms. The molecule has 10 heteroatoms. The van der Waals surface area contributed by atoms with E-state index in [9.17, 15) is 19.7 Å². The fourth-order valence-corrected chi connectivity index (χ4v) is 4.84. The lowest BCUT2D eigenvalue weighted by atomic mass is 9.79. The highest BCUT2D eigenvalue weighted by Crippen LogP contribution is 2.44. The minimum atomic E-state index is -0.883. The first-order chi connectivity index (χ1) is 17.3. The van der Waals surface area contributed by atoms with Gasteiger partial charge in [-0.25, -0.2) is 9.59 Å². The molecule has 2 aromatic carbocycles. The van der Waals surface area contributed by atoms with E-state index in [1.165, 1.54) is 19.2 Å². The zero-order chi connectivity index (χ0) is 25.8. The van der Waals surface area contributed by atoms with E-state index in [-0.39, 0.29) is 35.3 Å². The van der Waals surface area contributed by atoms with Crippen LogP contribution < -0.4 is 5.32 Å². The topological polar surface area (TPSA) is 111 Å². The third-order valence-electron chi connectivity index (χ3n) is 6.68. The van der Waals surface area contributed by atoms with Gasteiger partial charge >= 0.3 is 11.9 Å². The van der Waals surface area contributed by atoms with E-state index < -0.39 is 22.8 Å². The molecule has 1 fully saturated rings. The Morgan fingerprint density at radius 3 is 2.32 bits per heavy atom. The van der Waals surface area contributed by atoms with E-state index in [1.807, 2.05) is 42.2 Å². The lowest BCUT2D eigenvalue weighted by molar-refractivity contribution is -0.384. The fourth-order valence-electron chi connectivity index (χ4n) is 4.84. The highest BCUT2D eigenvalue weighted by molar-refractivity contribution is 6.00. The number of nitrogens with one attached hydrogen (secondary N) is 1. The van der Waals surface area contributed by atoms with E-state index in [0.717, 1.165) is 12.1 Å². The fraction of sp³-hybridized carbons (Fsp3) is 0.333. The van der Waals surface area contributed by atoms with Crippen LogP contribution in [0.5, 0.6) is 0 Å². The van der Waals surface area contributed by atoms with Crippen molar-refractivity contribution in [2.45, 2.75) is 38.8 Å². The number of benzene rings is 2. The first kappa shape index (κ1) is 27.9. The number of nitro groups is 1. The van der Waals surface area contributed by atoms with Crippen molar-refractivity contribution in [2.24, 2.45) is 0 Å². The summed E-state index contributed by atoms with van der Waals surface area (Å²) in [6.07, 6.45) is 0.395. The van der Waals surface area contributed by atoms with Gasteiger partial charge in [-0.15, -0.1) is 12.4 Å². The highest BCUT2D eigenvalue weighted by Gasteiger charge is 2.41. The molecule has 0 aromatic heterocycles. The molecule has 0 amide bonds. The Morgan fingerprint density at radius 1 is 1.05 bits per heavy atom. The Kier molecular flexibility index (Phi) is 9.07. The molecule has 2 unspecified atom stereocenters. The van der Waals surface area contributed by atoms with Crippen molar-refractivity contribution in [1.29, 1.82) is 0 Å². The van der Waals surface area contributed by atoms with Crippen molar-refractivity contribution in [2.75, 3.05) is 20.2 Å². The molecule has 9 nitrogen and oxygen atoms in total. The molecule has 0 radical (unpaired) electrons. The summed E-state index contributed by atoms with van der Waals surface area (Å²) in [5, 5.41) is 14.7. The standard InChI is InChI=1S/C27H29N3O6.ClH/c1-17-23(26(31)35-3)25(20-10-7-11-21(14-20)30(33)34)24(27(32)36-22-12-13-28-15-22)18(2)29(17)16-19-8-5-4-6-9-19;/h4-11,14,22,25,28H,12-13,15-16H2,1-3H3;1H. The minimum absolute atomic E-state index is 0. The predicted octanol–water partition coefficient (Wildman–Crippen LogP) is 4.24. The SMILES string of the molecule is COC(=O)C1=C(C)N(Cc2ccccc2)C(C)=C(C(=O)OC2CCNC2)C1c1cccc([N+](=O)[O-])c1.Cl. The summed E-state index contributed by atoms with van der Waals surface area (Å²) in [6, 6.07) is 15.7. The van der Waals surface area contributed by atoms with E-state index in [2.05, 4.69) is 5.32 Å². The number of allylic oxidation sites excluding steroid dienone is 2. The average molecular weight is 528 g/mol. The van der Waals surface area contributed by atoms with Crippen LogP contribution in [0.25, 0.3) is 0 Å². The van der Waals surface area contributed by atoms with Gasteiger partial charge in [0.05, 0.1) is 29.1 Å². The van der Waals surface area contributed by atoms with Crippen molar-refractivity contribution < 1.29 is 24.0 Å². The number of nitrogens with zero attached hydrogens (tertiary/aromatic N) is 2. The summed E-state index contributed by atoms with van der Waals surface area (Å²) in [5.74, 6) is -2.04. The molecule has 2 atom stereocenters. The molecule has 2 aliphatic heterocycles. The summed E-state index contributed by atoms with van der Waals surface area (Å²) in [5.41, 5.74) is 3.04. The maximum absolute atomic E-state index is 13.7. The molecule has 2 aliphatic rings. The number of carbonyl (C=O) groups is 2. The van der Waals surface area contributed by atoms with Crippen molar-refractivity contribution in [1.82, 2.24) is 10.2 Å². The van der Waals surface area contributed by atoms with Crippen LogP contribution in [-0.2, 0) is 25.6 Å². The monoisotopic (exact) mass is 527 g/mol. The summed E-state index contributed by atoms with van der Waals surface area (Å²) >= 11 is 0. The molecule has 0 spiro atoms. The van der Waals surface area contributed by atoms with Gasteiger partial charge in [-0.1, -0.05) is 42.5 Å². The van der Waals surface area contributed by atoms with Crippen LogP contribution in [0.1, 0.15) is 37.3 Å². The zero-order valence-electron chi connectivity index (χ0n) is 20.9. The number of nitro benzene ring substituents is 1. The number of non-ortho nitro benzene ring substituents is 1. The van der Waals surface area contributed by atoms with Crippen molar-refractivity contribution in [3.63, 3.8) is 0 Å². The zero-order valence-corrected chi connectivity index (χ0v) is 21.7. The lowest BCUT2D eigenvalue weighted by Crippen LogP contribution is -2.36. The van der Waals surface area contributed by atoms with Gasteiger partial charge in [0.15, 0.2) is 0 Å². The first-order valence-corrected chi connectivity index (χ1v) is 11.8. The van der Waals surface area contributed by atoms with Crippen LogP contribution in [0.3, 0.4) is 0 Å². The van der Waals surface area contributed by atoms with Gasteiger partial charge in [-0.3, -0.25) is 10.1 Å². The van der Waals surface area contributed by atoms with Gasteiger partial charge in [0, 0.05) is 36.6 Å². The second kappa shape index (κ2) is 12.0. The maximum atomic E-state index is 13.7. The quantitative estimate of drug-likeness (QED) is 0.323. The first-order valence-electron chi connectivity index (χ1n) is 11.8. The van der Waals surface area contributed by atoms with E-state index >= 15 is 0 Å². The molecule has 1 N–H and O–H groups in total. The second-order valence-electron chi connectivity index (χ2n) is 8.87. The van der Waals surface area contributed by atoms with Gasteiger partial charge in [-0.05, 0) is 37.9 Å². The molecule has 0 saturated carbocycles. The number of carbonyl (C=O) groups excluding carboxylic acids is 2. The summed E-state index contributed by atoms with van der Waals surface area (Å²) in [6.45, 7) is 5.33. The minimum Gasteiger partial charge on any atom is -0.466 e. The summed E-state index contributed by atoms with van der Waals surface area (Å²) in [4.78, 5) is 39.8. The average Bonchev–Trinajstić information content (AvgIpc) is 3.39. The maximum Gasteiger partial charge on any atom is 0.337 e. The number of methoxy groups -OCH3 is 1. The third kappa shape index (κ3) is 5.84. The molecule has 0 aliphatic carbocycles. The molecule has 196 valence electrons. The molecular formula is C27H30ClN3O6. The third-order valence-corrected chi connectivity index (χ3v) is 6.68. The van der Waals surface area contributed by atoms with Crippen LogP contribution in [0.2, 0.25) is 0 Å². The van der Waals surface area contributed by atoms with Gasteiger partial charge in [-0.2, -0.15) is 0 Å². The van der Waals surface area contributed by atoms with E-state index in [1.54, 1.807) is 19.1 Å². The molecular weight excluding hydrogens is 498 g/mol. The van der Waals surface area contributed by atoms with Crippen LogP contribution in [0, 0.1) is 10.1 Å². The molecule has 0 bridgehead atoms. The van der Waals surface area contributed by atoms with Crippen LogP contribution in [0.15, 0.2) is 77.1 Å². The number of rotatable bonds is 7.